The normalized spacial score (nSPS) is 34.5. The van der Waals surface area contributed by atoms with Crippen molar-refractivity contribution in [3.63, 3.8) is 0 Å². The molecule has 0 aliphatic carbocycles. The molecule has 17 heavy (non-hydrogen) atoms. The predicted molar refractivity (Wildman–Crippen MR) is 69.9 cm³/mol. The Morgan fingerprint density at radius 3 is 2.59 bits per heavy atom. The van der Waals surface area contributed by atoms with E-state index in [1.807, 2.05) is 55.9 Å². The van der Waals surface area contributed by atoms with Gasteiger partial charge in [-0.15, -0.1) is 0 Å². The van der Waals surface area contributed by atoms with Crippen LogP contribution in [0.5, 0.6) is 0 Å². The summed E-state index contributed by atoms with van der Waals surface area (Å²) in [4.78, 5) is 0. The molecule has 1 fully saturated rings. The van der Waals surface area contributed by atoms with Crippen LogP contribution in [0.4, 0.5) is 0 Å². The fraction of sp³-hybridized carbons (Fsp3) is 0.385. The number of hydrogen-bond acceptors (Lipinski definition) is 2. The molecule has 1 saturated heterocycles. The molecular weight excluding hydrogens is 233 g/mol. The van der Waals surface area contributed by atoms with E-state index in [9.17, 15) is 4.57 Å². The van der Waals surface area contributed by atoms with Gasteiger partial charge >= 0.3 is 0 Å². The summed E-state index contributed by atoms with van der Waals surface area (Å²) in [6, 6.07) is 10.1. The summed E-state index contributed by atoms with van der Waals surface area (Å²) < 4.78 is 20.2. The van der Waals surface area contributed by atoms with Crippen molar-refractivity contribution >= 4 is 7.52 Å². The number of allylic oxidation sites excluding steroid dienone is 1. The van der Waals surface area contributed by atoms with Crippen molar-refractivity contribution in [2.45, 2.75) is 26.0 Å². The van der Waals surface area contributed by atoms with Crippen molar-refractivity contribution in [3.05, 3.63) is 47.8 Å². The van der Waals surface area contributed by atoms with Crippen molar-refractivity contribution in [2.24, 2.45) is 0 Å². The fourth-order valence-electron chi connectivity index (χ4n) is 2.09. The molecule has 0 spiro atoms. The van der Waals surface area contributed by atoms with Crippen molar-refractivity contribution < 1.29 is 9.09 Å². The van der Waals surface area contributed by atoms with Crippen LogP contribution in [0.1, 0.15) is 25.5 Å². The Morgan fingerprint density at radius 1 is 1.35 bits per heavy atom. The lowest BCUT2D eigenvalue weighted by Gasteiger charge is -2.18. The monoisotopic (exact) mass is 251 g/mol. The Bertz CT molecular complexity index is 458. The summed E-state index contributed by atoms with van der Waals surface area (Å²) in [6.07, 6.45) is 1.67. The van der Waals surface area contributed by atoms with Crippen molar-refractivity contribution in [1.82, 2.24) is 4.67 Å². The molecule has 1 aromatic rings. The summed E-state index contributed by atoms with van der Waals surface area (Å²) in [5.41, 5.74) is 1.08. The smallest absolute Gasteiger partial charge is 0.295 e. The number of rotatable bonds is 2. The first kappa shape index (κ1) is 12.6. The molecular formula is C13H18NO2P. The summed E-state index contributed by atoms with van der Waals surface area (Å²) in [5, 5.41) is 0. The molecule has 1 aliphatic heterocycles. The van der Waals surface area contributed by atoms with Gasteiger partial charge in [-0.25, -0.2) is 4.67 Å². The van der Waals surface area contributed by atoms with Crippen molar-refractivity contribution in [2.75, 3.05) is 7.05 Å². The molecule has 3 atom stereocenters. The van der Waals surface area contributed by atoms with E-state index in [0.717, 1.165) is 5.56 Å². The van der Waals surface area contributed by atoms with Crippen LogP contribution in [0.3, 0.4) is 0 Å². The van der Waals surface area contributed by atoms with Crippen molar-refractivity contribution in [1.29, 1.82) is 0 Å². The maximum atomic E-state index is 12.6. The third kappa shape index (κ3) is 2.23. The van der Waals surface area contributed by atoms with E-state index in [-0.39, 0.29) is 12.1 Å². The van der Waals surface area contributed by atoms with E-state index in [0.29, 0.717) is 0 Å². The minimum Gasteiger partial charge on any atom is -0.305 e. The van der Waals surface area contributed by atoms with Crippen LogP contribution in [0.2, 0.25) is 0 Å². The first-order valence-electron chi connectivity index (χ1n) is 5.79. The predicted octanol–water partition coefficient (Wildman–Crippen LogP) is 3.80. The lowest BCUT2D eigenvalue weighted by molar-refractivity contribution is 0.212. The van der Waals surface area contributed by atoms with Crippen LogP contribution in [0.25, 0.3) is 0 Å². The average molecular weight is 251 g/mol. The maximum absolute atomic E-state index is 12.6. The number of benzene rings is 1. The van der Waals surface area contributed by atoms with Gasteiger partial charge in [-0.1, -0.05) is 36.4 Å². The van der Waals surface area contributed by atoms with Gasteiger partial charge in [0.15, 0.2) is 0 Å². The van der Waals surface area contributed by atoms with E-state index in [1.54, 1.807) is 11.9 Å². The minimum absolute atomic E-state index is 0.111. The molecule has 1 heterocycles. The van der Waals surface area contributed by atoms with Gasteiger partial charge in [0, 0.05) is 11.9 Å². The zero-order chi connectivity index (χ0) is 12.5. The van der Waals surface area contributed by atoms with Gasteiger partial charge in [0.1, 0.15) is 6.10 Å². The topological polar surface area (TPSA) is 29.5 Å². The van der Waals surface area contributed by atoms with E-state index in [2.05, 4.69) is 0 Å². The van der Waals surface area contributed by atoms with Gasteiger partial charge in [0.05, 0.1) is 0 Å². The van der Waals surface area contributed by atoms with Crippen LogP contribution in [-0.4, -0.2) is 17.8 Å². The van der Waals surface area contributed by atoms with Gasteiger partial charge < -0.3 is 4.52 Å². The Kier molecular flexibility index (Phi) is 3.53. The molecule has 2 rings (SSSR count). The van der Waals surface area contributed by atoms with E-state index in [4.69, 9.17) is 4.52 Å². The molecule has 3 nitrogen and oxygen atoms in total. The van der Waals surface area contributed by atoms with Crippen LogP contribution in [0.15, 0.2) is 42.2 Å². The summed E-state index contributed by atoms with van der Waals surface area (Å²) in [6.45, 7) is 3.90. The average Bonchev–Trinajstić information content (AvgIpc) is 2.56. The second kappa shape index (κ2) is 4.77. The first-order chi connectivity index (χ1) is 8.08. The Labute approximate surface area is 103 Å². The minimum atomic E-state index is -2.79. The van der Waals surface area contributed by atoms with Gasteiger partial charge in [-0.05, 0) is 26.5 Å². The number of nitrogens with zero attached hydrogens (tertiary/aromatic N) is 1. The van der Waals surface area contributed by atoms with Crippen LogP contribution in [0, 0.1) is 0 Å². The Balaban J connectivity index is 2.32. The molecule has 0 radical (unpaired) electrons. The molecule has 0 aromatic heterocycles. The molecule has 1 aliphatic rings. The van der Waals surface area contributed by atoms with Crippen LogP contribution >= 0.6 is 7.52 Å². The molecule has 0 amide bonds. The highest BCUT2D eigenvalue weighted by molar-refractivity contribution is 7.60. The lowest BCUT2D eigenvalue weighted by Crippen LogP contribution is -2.22. The first-order valence-corrected chi connectivity index (χ1v) is 7.43. The molecule has 4 heteroatoms. The Hall–Kier alpha value is -0.890. The molecule has 1 unspecified atom stereocenters. The largest absolute Gasteiger partial charge is 0.305 e. The molecule has 92 valence electrons. The second-order valence-electron chi connectivity index (χ2n) is 4.30. The molecule has 1 aromatic carbocycles. The molecule has 0 saturated carbocycles. The van der Waals surface area contributed by atoms with Gasteiger partial charge in [0.2, 0.25) is 0 Å². The summed E-state index contributed by atoms with van der Waals surface area (Å²) >= 11 is 0. The van der Waals surface area contributed by atoms with Gasteiger partial charge in [0.25, 0.3) is 7.52 Å². The van der Waals surface area contributed by atoms with E-state index in [1.165, 1.54) is 0 Å². The highest BCUT2D eigenvalue weighted by atomic mass is 31.2. The third-order valence-electron chi connectivity index (χ3n) is 3.20. The zero-order valence-electron chi connectivity index (χ0n) is 10.4. The highest BCUT2D eigenvalue weighted by Gasteiger charge is 2.44. The van der Waals surface area contributed by atoms with Gasteiger partial charge in [-0.2, -0.15) is 0 Å². The van der Waals surface area contributed by atoms with E-state index >= 15 is 0 Å². The zero-order valence-corrected chi connectivity index (χ0v) is 11.3. The van der Waals surface area contributed by atoms with Crippen LogP contribution in [-0.2, 0) is 9.09 Å². The standard InChI is InChI=1S/C13H18NO2P/c1-4-10-17(15)14(3)11(2)13(16-17)12-8-6-5-7-9-12/h4-11,13H,1-3H3/b10-4+/t11-,13-,17?/m0/s1. The summed E-state index contributed by atoms with van der Waals surface area (Å²) in [7, 11) is -0.930. The Morgan fingerprint density at radius 2 is 2.00 bits per heavy atom. The quantitative estimate of drug-likeness (QED) is 0.749. The summed E-state index contributed by atoms with van der Waals surface area (Å²) in [5.74, 6) is 1.67. The highest BCUT2D eigenvalue weighted by Crippen LogP contribution is 2.62. The third-order valence-corrected chi connectivity index (χ3v) is 5.65. The molecule has 0 bridgehead atoms. The second-order valence-corrected chi connectivity index (χ2v) is 6.57. The van der Waals surface area contributed by atoms with Crippen LogP contribution < -0.4 is 0 Å². The molecule has 0 N–H and O–H groups in total. The van der Waals surface area contributed by atoms with Crippen molar-refractivity contribution in [3.8, 4) is 0 Å². The SMILES string of the molecule is C/C=C/P1(=O)O[C@H](c2ccccc2)[C@H](C)N1C. The lowest BCUT2D eigenvalue weighted by atomic mass is 10.0. The maximum Gasteiger partial charge on any atom is 0.295 e. The van der Waals surface area contributed by atoms with Gasteiger partial charge in [-0.3, -0.25) is 4.57 Å². The fourth-order valence-corrected chi connectivity index (χ4v) is 4.14. The number of hydrogen-bond donors (Lipinski definition) is 0. The van der Waals surface area contributed by atoms with E-state index < -0.39 is 7.52 Å². The number of likely N-dealkylation sites (N-methyl/N-ethyl adjacent to an activating group) is 1.